The largest absolute Gasteiger partial charge is 0.457 e. The van der Waals surface area contributed by atoms with Gasteiger partial charge in [-0.3, -0.25) is 4.79 Å². The average molecular weight is 757 g/mol. The Hall–Kier alpha value is -2.11. The molecule has 50 heavy (non-hydrogen) atoms. The lowest BCUT2D eigenvalue weighted by atomic mass is 9.95. The van der Waals surface area contributed by atoms with Gasteiger partial charge in [-0.15, -0.1) is 0 Å². The van der Waals surface area contributed by atoms with E-state index in [2.05, 4.69) is 19.2 Å². The minimum Gasteiger partial charge on any atom is -0.457 e. The molecule has 0 saturated carbocycles. The van der Waals surface area contributed by atoms with Crippen molar-refractivity contribution < 1.29 is 38.0 Å². The summed E-state index contributed by atoms with van der Waals surface area (Å²) in [5.41, 5.74) is 1.68. The van der Waals surface area contributed by atoms with E-state index in [1.165, 1.54) is 44.9 Å². The number of alkyl halides is 3. The van der Waals surface area contributed by atoms with Crippen LogP contribution in [0.15, 0.2) is 60.7 Å². The molecule has 0 aromatic heterocycles. The van der Waals surface area contributed by atoms with E-state index in [-0.39, 0.29) is 25.6 Å². The Morgan fingerprint density at radius 1 is 0.900 bits per heavy atom. The highest BCUT2D eigenvalue weighted by Gasteiger charge is 2.53. The first-order chi connectivity index (χ1) is 24.1. The number of amides is 1. The predicted molar refractivity (Wildman–Crippen MR) is 194 cm³/mol. The zero-order valence-corrected chi connectivity index (χ0v) is 31.4. The molecule has 0 radical (unpaired) electrons. The second kappa shape index (κ2) is 21.4. The third kappa shape index (κ3) is 14.1. The van der Waals surface area contributed by atoms with Gasteiger partial charge in [0.05, 0.1) is 13.2 Å². The van der Waals surface area contributed by atoms with Crippen LogP contribution in [0.4, 0.5) is 4.79 Å². The number of nitrogens with one attached hydrogen (secondary N) is 1. The first kappa shape index (κ1) is 40.7. The molecule has 2 aliphatic rings. The van der Waals surface area contributed by atoms with Crippen LogP contribution in [-0.4, -0.2) is 59.7 Å². The molecule has 0 bridgehead atoms. The first-order valence-corrected chi connectivity index (χ1v) is 19.1. The molecule has 1 N–H and O–H groups in total. The van der Waals surface area contributed by atoms with Gasteiger partial charge in [0.1, 0.15) is 24.9 Å². The molecule has 12 heteroatoms. The Labute approximate surface area is 311 Å². The number of hydrogen-bond acceptors (Lipinski definition) is 8. The number of unbranched alkanes of at least 4 members (excludes halogenated alkanes) is 8. The van der Waals surface area contributed by atoms with Crippen molar-refractivity contribution in [2.75, 3.05) is 13.2 Å². The molecule has 4 rings (SSSR count). The monoisotopic (exact) mass is 755 g/mol. The summed E-state index contributed by atoms with van der Waals surface area (Å²) in [4.78, 5) is 26.7. The number of hydrogen-bond donors (Lipinski definition) is 1. The third-order valence-corrected chi connectivity index (χ3v) is 9.23. The summed E-state index contributed by atoms with van der Waals surface area (Å²) in [5, 5.41) is 2.76. The number of rotatable bonds is 19. The molecule has 2 aromatic carbocycles. The van der Waals surface area contributed by atoms with Gasteiger partial charge >= 0.3 is 12.1 Å². The maximum Gasteiger partial charge on any atom is 0.407 e. The minimum absolute atomic E-state index is 0.112. The highest BCUT2D eigenvalue weighted by Crippen LogP contribution is 2.36. The molecule has 9 nitrogen and oxygen atoms in total. The van der Waals surface area contributed by atoms with E-state index < -0.39 is 59.4 Å². The van der Waals surface area contributed by atoms with Gasteiger partial charge in [0, 0.05) is 12.0 Å². The van der Waals surface area contributed by atoms with Crippen molar-refractivity contribution in [3.05, 3.63) is 71.8 Å². The zero-order chi connectivity index (χ0) is 35.8. The molecule has 1 amide bonds. The molecule has 2 fully saturated rings. The van der Waals surface area contributed by atoms with Gasteiger partial charge in [0.15, 0.2) is 18.7 Å². The van der Waals surface area contributed by atoms with E-state index in [0.29, 0.717) is 0 Å². The Bertz CT molecular complexity index is 1270. The van der Waals surface area contributed by atoms with Gasteiger partial charge in [-0.1, -0.05) is 174 Å². The average Bonchev–Trinajstić information content (AvgIpc) is 3.10. The van der Waals surface area contributed by atoms with E-state index in [4.69, 9.17) is 63.2 Å². The Balaban J connectivity index is 1.46. The molecule has 2 aromatic rings. The van der Waals surface area contributed by atoms with Crippen LogP contribution < -0.4 is 5.32 Å². The van der Waals surface area contributed by atoms with Crippen LogP contribution in [0.1, 0.15) is 102 Å². The number of carbonyl (C=O) groups is 2. The number of carbonyl (C=O) groups excluding carboxylic acids is 2. The van der Waals surface area contributed by atoms with Crippen LogP contribution in [0.25, 0.3) is 0 Å². The molecule has 3 unspecified atom stereocenters. The van der Waals surface area contributed by atoms with Crippen molar-refractivity contribution in [2.24, 2.45) is 5.92 Å². The van der Waals surface area contributed by atoms with Crippen molar-refractivity contribution in [1.82, 2.24) is 5.32 Å². The van der Waals surface area contributed by atoms with Crippen LogP contribution in [0, 0.1) is 5.92 Å². The molecule has 7 atom stereocenters. The summed E-state index contributed by atoms with van der Waals surface area (Å²) < 4.78 is 34.6. The standard InChI is InChI=1S/C38H52Cl3NO8/c1-3-4-5-6-7-8-9-10-13-18-27(2)23-31(43)49-34-32(42-37(44)47-26-38(39,40)41)36(45-24-28-19-14-11-15-20-28)48-30-25-46-35(50-33(30)34)29-21-16-12-17-22-29/h11-12,14-17,19-22,27,30,32-36H,3-10,13,18,23-26H2,1-2H3,(H,42,44)/t27-,30?,32?,33-,34-,35?,36+/m1/s1. The van der Waals surface area contributed by atoms with Gasteiger partial charge in [0.25, 0.3) is 0 Å². The number of esters is 1. The third-order valence-electron chi connectivity index (χ3n) is 8.90. The molecule has 0 aliphatic carbocycles. The second-order valence-electron chi connectivity index (χ2n) is 13.3. The fourth-order valence-electron chi connectivity index (χ4n) is 6.25. The fourth-order valence-corrected chi connectivity index (χ4v) is 6.42. The molecule has 2 heterocycles. The quantitative estimate of drug-likeness (QED) is 0.0860. The summed E-state index contributed by atoms with van der Waals surface area (Å²) in [7, 11) is 0. The Morgan fingerprint density at radius 2 is 1.54 bits per heavy atom. The van der Waals surface area contributed by atoms with Crippen molar-refractivity contribution in [1.29, 1.82) is 0 Å². The predicted octanol–water partition coefficient (Wildman–Crippen LogP) is 9.37. The molecule has 278 valence electrons. The van der Waals surface area contributed by atoms with Crippen LogP contribution >= 0.6 is 34.8 Å². The maximum absolute atomic E-state index is 13.6. The van der Waals surface area contributed by atoms with Crippen LogP contribution in [0.5, 0.6) is 0 Å². The molecular formula is C38H52Cl3NO8. The summed E-state index contributed by atoms with van der Waals surface area (Å²) in [6, 6.07) is 17.9. The lowest BCUT2D eigenvalue weighted by Crippen LogP contribution is -2.67. The number of benzene rings is 2. The Kier molecular flexibility index (Phi) is 17.4. The van der Waals surface area contributed by atoms with Crippen molar-refractivity contribution in [3.8, 4) is 0 Å². The van der Waals surface area contributed by atoms with Gasteiger partial charge in [0.2, 0.25) is 3.79 Å². The van der Waals surface area contributed by atoms with Gasteiger partial charge in [-0.05, 0) is 11.5 Å². The van der Waals surface area contributed by atoms with Crippen LogP contribution in [0.2, 0.25) is 0 Å². The first-order valence-electron chi connectivity index (χ1n) is 18.0. The number of ether oxygens (including phenoxy) is 6. The molecule has 2 aliphatic heterocycles. The normalized spacial score (nSPS) is 24.2. The topological polar surface area (TPSA) is 102 Å². The van der Waals surface area contributed by atoms with Gasteiger partial charge in [-0.25, -0.2) is 4.79 Å². The van der Waals surface area contributed by atoms with Crippen molar-refractivity contribution in [2.45, 2.75) is 132 Å². The molecule has 2 saturated heterocycles. The highest BCUT2D eigenvalue weighted by atomic mass is 35.6. The maximum atomic E-state index is 13.6. The second-order valence-corrected chi connectivity index (χ2v) is 15.8. The van der Waals surface area contributed by atoms with E-state index in [1.807, 2.05) is 60.7 Å². The van der Waals surface area contributed by atoms with Crippen LogP contribution in [0.3, 0.4) is 0 Å². The number of halogens is 3. The highest BCUT2D eigenvalue weighted by molar-refractivity contribution is 6.67. The molecular weight excluding hydrogens is 705 g/mol. The van der Waals surface area contributed by atoms with Crippen molar-refractivity contribution >= 4 is 46.9 Å². The van der Waals surface area contributed by atoms with Gasteiger partial charge < -0.3 is 33.7 Å². The van der Waals surface area contributed by atoms with Crippen molar-refractivity contribution in [3.63, 3.8) is 0 Å². The van der Waals surface area contributed by atoms with E-state index in [0.717, 1.165) is 30.4 Å². The smallest absolute Gasteiger partial charge is 0.407 e. The molecule has 0 spiro atoms. The number of alkyl carbamates (subject to hydrolysis) is 1. The lowest BCUT2D eigenvalue weighted by molar-refractivity contribution is -0.346. The van der Waals surface area contributed by atoms with E-state index in [1.54, 1.807) is 0 Å². The minimum atomic E-state index is -1.82. The summed E-state index contributed by atoms with van der Waals surface area (Å²) in [5.74, 6) is -0.296. The fraction of sp³-hybridized carbons (Fsp3) is 0.632. The summed E-state index contributed by atoms with van der Waals surface area (Å²) >= 11 is 17.5. The van der Waals surface area contributed by atoms with E-state index >= 15 is 0 Å². The van der Waals surface area contributed by atoms with Crippen LogP contribution in [-0.2, 0) is 39.8 Å². The summed E-state index contributed by atoms with van der Waals surface area (Å²) in [6.07, 6.45) is 7.10. The number of fused-ring (bicyclic) bond motifs is 1. The zero-order valence-electron chi connectivity index (χ0n) is 29.1. The van der Waals surface area contributed by atoms with Gasteiger partial charge in [-0.2, -0.15) is 0 Å². The SMILES string of the molecule is CCCCCCCCCCC[C@@H](C)CC(=O)O[C@@H]1C(NC(=O)OCC(Cl)(Cl)Cl)[C@@H](OCc2ccccc2)OC2COC(c3ccccc3)O[C@H]21. The van der Waals surface area contributed by atoms with E-state index in [9.17, 15) is 9.59 Å². The summed E-state index contributed by atoms with van der Waals surface area (Å²) in [6.45, 7) is 4.10. The Morgan fingerprint density at radius 3 is 2.20 bits per heavy atom. The lowest BCUT2D eigenvalue weighted by Gasteiger charge is -2.48.